The maximum absolute atomic E-state index is 14.2. The Balaban J connectivity index is 2.18. The number of amides is 1. The van der Waals surface area contributed by atoms with E-state index in [9.17, 15) is 14.0 Å². The van der Waals surface area contributed by atoms with Crippen LogP contribution in [0.2, 0.25) is 0 Å². The number of methoxy groups -OCH3 is 1. The summed E-state index contributed by atoms with van der Waals surface area (Å²) in [5.74, 6) is -1.56. The van der Waals surface area contributed by atoms with Gasteiger partial charge >= 0.3 is 5.97 Å². The minimum absolute atomic E-state index is 0.216. The third-order valence-corrected chi connectivity index (χ3v) is 4.64. The molecule has 2 aromatic heterocycles. The van der Waals surface area contributed by atoms with E-state index in [4.69, 9.17) is 0 Å². The highest BCUT2D eigenvalue weighted by atomic mass is 32.1. The van der Waals surface area contributed by atoms with E-state index in [2.05, 4.69) is 14.8 Å². The predicted octanol–water partition coefficient (Wildman–Crippen LogP) is 1.97. The minimum atomic E-state index is -0.560. The SMILES string of the molecule is CCn1nccc1C(=O)N=c1sc2cccc(F)c2n1CC(=O)OC. The fraction of sp³-hybridized carbons (Fsp3) is 0.250. The van der Waals surface area contributed by atoms with E-state index in [1.165, 1.54) is 28.6 Å². The second-order valence-corrected chi connectivity index (χ2v) is 6.09. The molecule has 0 aliphatic carbocycles. The first kappa shape index (κ1) is 17.0. The number of ether oxygens (including phenoxy) is 1. The summed E-state index contributed by atoms with van der Waals surface area (Å²) < 4.78 is 22.4. The summed E-state index contributed by atoms with van der Waals surface area (Å²) in [6.07, 6.45) is 1.51. The molecule has 9 heteroatoms. The van der Waals surface area contributed by atoms with Gasteiger partial charge in [0.2, 0.25) is 0 Å². The van der Waals surface area contributed by atoms with Crippen LogP contribution in [0.4, 0.5) is 4.39 Å². The molecule has 0 saturated carbocycles. The number of aryl methyl sites for hydroxylation is 1. The molecule has 0 radical (unpaired) electrons. The third-order valence-electron chi connectivity index (χ3n) is 3.60. The fourth-order valence-corrected chi connectivity index (χ4v) is 3.47. The van der Waals surface area contributed by atoms with Gasteiger partial charge in [0.1, 0.15) is 18.1 Å². The third kappa shape index (κ3) is 3.22. The molecule has 1 amide bonds. The van der Waals surface area contributed by atoms with Gasteiger partial charge in [-0.25, -0.2) is 4.39 Å². The predicted molar refractivity (Wildman–Crippen MR) is 89.6 cm³/mol. The van der Waals surface area contributed by atoms with Crippen LogP contribution in [0.3, 0.4) is 0 Å². The van der Waals surface area contributed by atoms with Crippen molar-refractivity contribution in [2.45, 2.75) is 20.0 Å². The van der Waals surface area contributed by atoms with Gasteiger partial charge in [0.15, 0.2) is 4.80 Å². The number of para-hydroxylation sites is 1. The molecule has 0 unspecified atom stereocenters. The number of fused-ring (bicyclic) bond motifs is 1. The van der Waals surface area contributed by atoms with Gasteiger partial charge in [-0.05, 0) is 25.1 Å². The van der Waals surface area contributed by atoms with Crippen molar-refractivity contribution in [3.63, 3.8) is 0 Å². The summed E-state index contributed by atoms with van der Waals surface area (Å²) in [4.78, 5) is 28.5. The lowest BCUT2D eigenvalue weighted by molar-refractivity contribution is -0.141. The maximum atomic E-state index is 14.2. The second-order valence-electron chi connectivity index (χ2n) is 5.08. The maximum Gasteiger partial charge on any atom is 0.325 e. The smallest absolute Gasteiger partial charge is 0.325 e. The Bertz CT molecular complexity index is 1020. The van der Waals surface area contributed by atoms with Crippen molar-refractivity contribution in [2.75, 3.05) is 7.11 Å². The van der Waals surface area contributed by atoms with Crippen molar-refractivity contribution in [3.05, 3.63) is 46.8 Å². The Kier molecular flexibility index (Phi) is 4.75. The summed E-state index contributed by atoms with van der Waals surface area (Å²) in [5.41, 5.74) is 0.540. The lowest BCUT2D eigenvalue weighted by Gasteiger charge is -2.04. The molecule has 0 atom stereocenters. The quantitative estimate of drug-likeness (QED) is 0.665. The van der Waals surface area contributed by atoms with E-state index in [0.29, 0.717) is 16.9 Å². The number of rotatable bonds is 4. The van der Waals surface area contributed by atoms with Crippen LogP contribution in [-0.2, 0) is 22.6 Å². The Hall–Kier alpha value is -2.81. The van der Waals surface area contributed by atoms with Crippen LogP contribution in [0.5, 0.6) is 0 Å². The van der Waals surface area contributed by atoms with Crippen molar-refractivity contribution >= 4 is 33.4 Å². The number of halogens is 1. The van der Waals surface area contributed by atoms with Crippen LogP contribution in [-0.4, -0.2) is 33.3 Å². The van der Waals surface area contributed by atoms with Crippen molar-refractivity contribution in [1.82, 2.24) is 14.3 Å². The van der Waals surface area contributed by atoms with E-state index in [1.807, 2.05) is 6.92 Å². The summed E-state index contributed by atoms with van der Waals surface area (Å²) in [7, 11) is 1.25. The number of nitrogens with zero attached hydrogens (tertiary/aromatic N) is 4. The first-order valence-electron chi connectivity index (χ1n) is 7.50. The van der Waals surface area contributed by atoms with Gasteiger partial charge in [-0.15, -0.1) is 0 Å². The second kappa shape index (κ2) is 6.98. The van der Waals surface area contributed by atoms with Crippen LogP contribution in [0, 0.1) is 5.82 Å². The molecule has 0 saturated heterocycles. The molecule has 1 aromatic carbocycles. The highest BCUT2D eigenvalue weighted by Crippen LogP contribution is 2.20. The lowest BCUT2D eigenvalue weighted by atomic mass is 10.3. The number of thiazole rings is 1. The van der Waals surface area contributed by atoms with Crippen LogP contribution < -0.4 is 4.80 Å². The topological polar surface area (TPSA) is 78.5 Å². The van der Waals surface area contributed by atoms with E-state index in [-0.39, 0.29) is 16.9 Å². The Labute approximate surface area is 146 Å². The molecule has 0 aliphatic rings. The monoisotopic (exact) mass is 362 g/mol. The number of aromatic nitrogens is 3. The summed E-state index contributed by atoms with van der Waals surface area (Å²) in [5, 5.41) is 4.04. The zero-order valence-electron chi connectivity index (χ0n) is 13.6. The number of benzene rings is 1. The van der Waals surface area contributed by atoms with Crippen molar-refractivity contribution < 1.29 is 18.7 Å². The zero-order chi connectivity index (χ0) is 18.0. The largest absolute Gasteiger partial charge is 0.468 e. The van der Waals surface area contributed by atoms with Gasteiger partial charge < -0.3 is 9.30 Å². The summed E-state index contributed by atoms with van der Waals surface area (Å²) in [6.45, 7) is 2.14. The molecule has 0 N–H and O–H groups in total. The van der Waals surface area contributed by atoms with Gasteiger partial charge in [0.05, 0.1) is 17.3 Å². The van der Waals surface area contributed by atoms with Gasteiger partial charge in [0.25, 0.3) is 5.91 Å². The molecule has 25 heavy (non-hydrogen) atoms. The average Bonchev–Trinajstić information content (AvgIpc) is 3.20. The number of carbonyl (C=O) groups is 2. The van der Waals surface area contributed by atoms with E-state index in [0.717, 1.165) is 11.3 Å². The van der Waals surface area contributed by atoms with Gasteiger partial charge in [0, 0.05) is 12.7 Å². The standard InChI is InChI=1S/C16H15FN4O3S/c1-3-21-11(7-8-18-21)15(23)19-16-20(9-13(22)24-2)14-10(17)5-4-6-12(14)25-16/h4-8H,3,9H2,1-2H3. The number of hydrogen-bond acceptors (Lipinski definition) is 5. The Morgan fingerprint density at radius 1 is 1.36 bits per heavy atom. The van der Waals surface area contributed by atoms with E-state index in [1.54, 1.807) is 18.2 Å². The zero-order valence-corrected chi connectivity index (χ0v) is 14.4. The van der Waals surface area contributed by atoms with Gasteiger partial charge in [-0.2, -0.15) is 10.1 Å². The van der Waals surface area contributed by atoms with Crippen LogP contribution in [0.15, 0.2) is 35.5 Å². The molecule has 0 aliphatic heterocycles. The molecule has 2 heterocycles. The van der Waals surface area contributed by atoms with E-state index < -0.39 is 17.7 Å². The molecule has 130 valence electrons. The van der Waals surface area contributed by atoms with Gasteiger partial charge in [-0.1, -0.05) is 17.4 Å². The molecular weight excluding hydrogens is 347 g/mol. The van der Waals surface area contributed by atoms with Crippen molar-refractivity contribution in [1.29, 1.82) is 0 Å². The minimum Gasteiger partial charge on any atom is -0.468 e. The van der Waals surface area contributed by atoms with Crippen LogP contribution >= 0.6 is 11.3 Å². The first-order valence-corrected chi connectivity index (χ1v) is 8.32. The van der Waals surface area contributed by atoms with Crippen molar-refractivity contribution in [3.8, 4) is 0 Å². The molecule has 0 fully saturated rings. The highest BCUT2D eigenvalue weighted by molar-refractivity contribution is 7.16. The molecule has 3 aromatic rings. The lowest BCUT2D eigenvalue weighted by Crippen LogP contribution is -2.23. The number of carbonyl (C=O) groups excluding carboxylic acids is 2. The van der Waals surface area contributed by atoms with Crippen LogP contribution in [0.25, 0.3) is 10.2 Å². The highest BCUT2D eigenvalue weighted by Gasteiger charge is 2.16. The molecule has 3 rings (SSSR count). The summed E-state index contributed by atoms with van der Waals surface area (Å²) >= 11 is 1.13. The van der Waals surface area contributed by atoms with Gasteiger partial charge in [-0.3, -0.25) is 14.3 Å². The molecule has 0 spiro atoms. The Morgan fingerprint density at radius 2 is 2.16 bits per heavy atom. The fourth-order valence-electron chi connectivity index (χ4n) is 2.42. The molecule has 0 bridgehead atoms. The Morgan fingerprint density at radius 3 is 2.88 bits per heavy atom. The average molecular weight is 362 g/mol. The van der Waals surface area contributed by atoms with Crippen molar-refractivity contribution in [2.24, 2.45) is 4.99 Å². The number of hydrogen-bond donors (Lipinski definition) is 0. The number of esters is 1. The first-order chi connectivity index (χ1) is 12.0. The summed E-state index contributed by atoms with van der Waals surface area (Å²) in [6, 6.07) is 6.12. The van der Waals surface area contributed by atoms with Crippen LogP contribution in [0.1, 0.15) is 17.4 Å². The normalized spacial score (nSPS) is 11.9. The van der Waals surface area contributed by atoms with E-state index >= 15 is 0 Å². The molecular formula is C16H15FN4O3S. The molecule has 7 nitrogen and oxygen atoms in total.